The maximum atomic E-state index is 12.3. The molecule has 1 amide bonds. The number of rotatable bonds is 4. The summed E-state index contributed by atoms with van der Waals surface area (Å²) in [5.74, 6) is -0.114. The van der Waals surface area contributed by atoms with Crippen molar-refractivity contribution in [2.24, 2.45) is 0 Å². The van der Waals surface area contributed by atoms with Crippen molar-refractivity contribution in [3.05, 3.63) is 59.2 Å². The third-order valence-electron chi connectivity index (χ3n) is 4.79. The summed E-state index contributed by atoms with van der Waals surface area (Å²) in [5, 5.41) is 10.4. The first-order valence-electron chi connectivity index (χ1n) is 8.97. The number of sulfone groups is 1. The summed E-state index contributed by atoms with van der Waals surface area (Å²) in [6.45, 7) is 0. The first-order valence-corrected chi connectivity index (χ1v) is 10.9. The van der Waals surface area contributed by atoms with Gasteiger partial charge in [0, 0.05) is 17.4 Å². The van der Waals surface area contributed by atoms with Gasteiger partial charge in [-0.15, -0.1) is 5.10 Å². The van der Waals surface area contributed by atoms with E-state index in [-0.39, 0.29) is 10.9 Å². The number of nitrogens with one attached hydrogen (secondary N) is 1. The van der Waals surface area contributed by atoms with Crippen LogP contribution in [0, 0.1) is 0 Å². The monoisotopic (exact) mass is 397 g/mol. The summed E-state index contributed by atoms with van der Waals surface area (Å²) in [6.07, 6.45) is 5.65. The highest BCUT2D eigenvalue weighted by molar-refractivity contribution is 7.90. The minimum absolute atomic E-state index is 0.00934. The molecule has 0 saturated carbocycles. The van der Waals surface area contributed by atoms with Gasteiger partial charge in [-0.3, -0.25) is 10.1 Å². The fraction of sp³-hybridized carbons (Fsp3) is 0.250. The predicted molar refractivity (Wildman–Crippen MR) is 104 cm³/mol. The number of carbonyl (C=O) groups excluding carboxylic acids is 1. The number of aryl methyl sites for hydroxylation is 2. The van der Waals surface area contributed by atoms with Gasteiger partial charge in [0.25, 0.3) is 5.91 Å². The minimum Gasteiger partial charge on any atom is -0.403 e. The Kier molecular flexibility index (Phi) is 4.72. The molecule has 1 heterocycles. The van der Waals surface area contributed by atoms with E-state index in [2.05, 4.69) is 27.6 Å². The van der Waals surface area contributed by atoms with Gasteiger partial charge in [0.15, 0.2) is 9.84 Å². The van der Waals surface area contributed by atoms with E-state index in [0.29, 0.717) is 11.5 Å². The van der Waals surface area contributed by atoms with Gasteiger partial charge in [0.2, 0.25) is 5.89 Å². The van der Waals surface area contributed by atoms with Crippen LogP contribution in [-0.4, -0.2) is 30.8 Å². The molecule has 0 saturated heterocycles. The van der Waals surface area contributed by atoms with Crippen molar-refractivity contribution in [3.63, 3.8) is 0 Å². The molecule has 144 valence electrons. The van der Waals surface area contributed by atoms with Crippen molar-refractivity contribution in [2.75, 3.05) is 11.6 Å². The summed E-state index contributed by atoms with van der Waals surface area (Å²) >= 11 is 0. The zero-order chi connectivity index (χ0) is 19.7. The fourth-order valence-electron chi connectivity index (χ4n) is 3.28. The van der Waals surface area contributed by atoms with Crippen molar-refractivity contribution in [2.45, 2.75) is 30.6 Å². The molecule has 2 aromatic carbocycles. The van der Waals surface area contributed by atoms with Crippen molar-refractivity contribution in [3.8, 4) is 11.5 Å². The van der Waals surface area contributed by atoms with Crippen LogP contribution in [0.15, 0.2) is 51.8 Å². The molecular formula is C20H19N3O4S. The molecule has 7 nitrogen and oxygen atoms in total. The van der Waals surface area contributed by atoms with Gasteiger partial charge in [0.1, 0.15) is 0 Å². The highest BCUT2D eigenvalue weighted by atomic mass is 32.2. The van der Waals surface area contributed by atoms with Gasteiger partial charge in [-0.25, -0.2) is 8.42 Å². The summed E-state index contributed by atoms with van der Waals surface area (Å²) in [7, 11) is -3.31. The van der Waals surface area contributed by atoms with Crippen LogP contribution in [0.5, 0.6) is 0 Å². The molecule has 8 heteroatoms. The Morgan fingerprint density at radius 1 is 1.00 bits per heavy atom. The van der Waals surface area contributed by atoms with Crippen LogP contribution in [0.2, 0.25) is 0 Å². The molecule has 0 aliphatic heterocycles. The third kappa shape index (κ3) is 3.82. The average molecular weight is 397 g/mol. The zero-order valence-electron chi connectivity index (χ0n) is 15.3. The lowest BCUT2D eigenvalue weighted by atomic mass is 9.90. The molecule has 3 aromatic rings. The smallest absolute Gasteiger partial charge is 0.322 e. The van der Waals surface area contributed by atoms with Crippen LogP contribution in [0.1, 0.15) is 34.3 Å². The van der Waals surface area contributed by atoms with Gasteiger partial charge < -0.3 is 4.42 Å². The molecule has 4 rings (SSSR count). The summed E-state index contributed by atoms with van der Waals surface area (Å²) in [5.41, 5.74) is 3.78. The first kappa shape index (κ1) is 18.4. The first-order chi connectivity index (χ1) is 13.4. The van der Waals surface area contributed by atoms with Crippen molar-refractivity contribution < 1.29 is 17.6 Å². The maximum absolute atomic E-state index is 12.3. The standard InChI is InChI=1S/C20H19N3O4S/c1-28(25,26)17-10-8-14(9-11-17)18(24)21-20-23-22-19(27-20)16-7-6-13-4-2-3-5-15(13)12-16/h6-12H,2-5H2,1H3,(H,21,23,24). The van der Waals surface area contributed by atoms with Gasteiger partial charge in [0.05, 0.1) is 4.90 Å². The van der Waals surface area contributed by atoms with Gasteiger partial charge in [-0.05, 0) is 73.2 Å². The van der Waals surface area contributed by atoms with E-state index >= 15 is 0 Å². The Morgan fingerprint density at radius 3 is 2.43 bits per heavy atom. The number of amides is 1. The lowest BCUT2D eigenvalue weighted by Crippen LogP contribution is -2.12. The van der Waals surface area contributed by atoms with E-state index in [0.717, 1.165) is 24.7 Å². The molecule has 1 aliphatic rings. The number of fused-ring (bicyclic) bond motifs is 1. The van der Waals surface area contributed by atoms with Crippen LogP contribution in [-0.2, 0) is 22.7 Å². The zero-order valence-corrected chi connectivity index (χ0v) is 16.1. The quantitative estimate of drug-likeness (QED) is 0.725. The molecule has 1 aliphatic carbocycles. The SMILES string of the molecule is CS(=O)(=O)c1ccc(C(=O)Nc2nnc(-c3ccc4c(c3)CCCC4)o2)cc1. The fourth-order valence-corrected chi connectivity index (χ4v) is 3.91. The van der Waals surface area contributed by atoms with Gasteiger partial charge >= 0.3 is 6.01 Å². The van der Waals surface area contributed by atoms with Crippen molar-refractivity contribution in [1.82, 2.24) is 10.2 Å². The molecule has 0 atom stereocenters. The van der Waals surface area contributed by atoms with E-state index < -0.39 is 15.7 Å². The van der Waals surface area contributed by atoms with Crippen LogP contribution in [0.4, 0.5) is 6.01 Å². The van der Waals surface area contributed by atoms with E-state index in [1.165, 1.54) is 48.2 Å². The molecule has 1 N–H and O–H groups in total. The Labute approximate surface area is 162 Å². The second-order valence-corrected chi connectivity index (χ2v) is 8.87. The largest absolute Gasteiger partial charge is 0.403 e. The number of carbonyl (C=O) groups is 1. The number of hydrogen-bond acceptors (Lipinski definition) is 6. The minimum atomic E-state index is -3.31. The molecule has 0 fully saturated rings. The Hall–Kier alpha value is -3.00. The second kappa shape index (κ2) is 7.20. The highest BCUT2D eigenvalue weighted by Crippen LogP contribution is 2.27. The molecule has 0 radical (unpaired) electrons. The normalized spacial score (nSPS) is 13.8. The molecule has 0 bridgehead atoms. The van der Waals surface area contributed by atoms with Crippen molar-refractivity contribution >= 4 is 21.8 Å². The number of benzene rings is 2. The molecule has 1 aromatic heterocycles. The lowest BCUT2D eigenvalue weighted by Gasteiger charge is -2.15. The Balaban J connectivity index is 1.49. The van der Waals surface area contributed by atoms with Crippen LogP contribution in [0.3, 0.4) is 0 Å². The molecule has 28 heavy (non-hydrogen) atoms. The van der Waals surface area contributed by atoms with Gasteiger partial charge in [-0.2, -0.15) is 0 Å². The van der Waals surface area contributed by atoms with Gasteiger partial charge in [-0.1, -0.05) is 11.2 Å². The number of anilines is 1. The number of hydrogen-bond donors (Lipinski definition) is 1. The van der Waals surface area contributed by atoms with Crippen LogP contribution in [0.25, 0.3) is 11.5 Å². The van der Waals surface area contributed by atoms with E-state index in [4.69, 9.17) is 4.42 Å². The number of nitrogens with zero attached hydrogens (tertiary/aromatic N) is 2. The third-order valence-corrected chi connectivity index (χ3v) is 5.91. The predicted octanol–water partition coefficient (Wildman–Crippen LogP) is 3.27. The molecular weight excluding hydrogens is 378 g/mol. The highest BCUT2D eigenvalue weighted by Gasteiger charge is 2.16. The molecule has 0 unspecified atom stereocenters. The average Bonchev–Trinajstić information content (AvgIpc) is 3.15. The maximum Gasteiger partial charge on any atom is 0.322 e. The summed E-state index contributed by atoms with van der Waals surface area (Å²) in [4.78, 5) is 12.5. The van der Waals surface area contributed by atoms with Crippen LogP contribution >= 0.6 is 0 Å². The Bertz CT molecular complexity index is 1130. The summed E-state index contributed by atoms with van der Waals surface area (Å²) < 4.78 is 28.6. The number of aromatic nitrogens is 2. The molecule has 0 spiro atoms. The van der Waals surface area contributed by atoms with Crippen LogP contribution < -0.4 is 5.32 Å². The van der Waals surface area contributed by atoms with E-state index in [1.54, 1.807) is 0 Å². The van der Waals surface area contributed by atoms with E-state index in [1.807, 2.05) is 6.07 Å². The van der Waals surface area contributed by atoms with Crippen molar-refractivity contribution in [1.29, 1.82) is 0 Å². The second-order valence-electron chi connectivity index (χ2n) is 6.85. The summed E-state index contributed by atoms with van der Waals surface area (Å²) in [6, 6.07) is 11.7. The topological polar surface area (TPSA) is 102 Å². The lowest BCUT2D eigenvalue weighted by molar-refractivity contribution is 0.102. The van der Waals surface area contributed by atoms with E-state index in [9.17, 15) is 13.2 Å². The Morgan fingerprint density at radius 2 is 1.71 bits per heavy atom.